The molecule has 0 saturated carbocycles. The average Bonchev–Trinajstić information content (AvgIpc) is 2.72. The Morgan fingerprint density at radius 3 is 2.93 bits per heavy atom. The highest BCUT2D eigenvalue weighted by molar-refractivity contribution is 9.10. The lowest BCUT2D eigenvalue weighted by atomic mass is 10.1. The molecule has 0 aliphatic heterocycles. The molecule has 0 N–H and O–H groups in total. The third kappa shape index (κ3) is 3.10. The lowest BCUT2D eigenvalue weighted by Crippen LogP contribution is -1.85. The van der Waals surface area contributed by atoms with Gasteiger partial charge in [-0.3, -0.25) is 0 Å². The normalized spacial score (nSPS) is 10.5. The summed E-state index contributed by atoms with van der Waals surface area (Å²) in [4.78, 5) is 0. The molecule has 0 nitrogen and oxygen atoms in total. The Balaban J connectivity index is 2.07. The van der Waals surface area contributed by atoms with Crippen LogP contribution >= 0.6 is 39.0 Å². The molecule has 0 aliphatic rings. The van der Waals surface area contributed by atoms with Crippen molar-refractivity contribution in [2.75, 3.05) is 0 Å². The monoisotopic (exact) mass is 298 g/mol. The zero-order valence-electron chi connectivity index (χ0n) is 8.37. The van der Waals surface area contributed by atoms with Crippen molar-refractivity contribution in [1.82, 2.24) is 0 Å². The van der Waals surface area contributed by atoms with E-state index >= 15 is 0 Å². The fourth-order valence-corrected chi connectivity index (χ4v) is 3.55. The van der Waals surface area contributed by atoms with Gasteiger partial charge in [0.25, 0.3) is 0 Å². The largest absolute Gasteiger partial charge is 0.137 e. The Hall–Kier alpha value is -0.250. The second-order valence-corrected chi connectivity index (χ2v) is 6.43. The van der Waals surface area contributed by atoms with Gasteiger partial charge in [-0.1, -0.05) is 28.1 Å². The van der Waals surface area contributed by atoms with Gasteiger partial charge in [-0.15, -0.1) is 23.1 Å². The molecule has 3 heteroatoms. The molecular weight excluding hydrogens is 288 g/mol. The van der Waals surface area contributed by atoms with Gasteiger partial charge in [0.2, 0.25) is 0 Å². The number of hydrogen-bond acceptors (Lipinski definition) is 2. The van der Waals surface area contributed by atoms with Crippen molar-refractivity contribution in [3.63, 3.8) is 0 Å². The molecule has 0 amide bonds. The van der Waals surface area contributed by atoms with Crippen LogP contribution in [0, 0.1) is 6.92 Å². The van der Waals surface area contributed by atoms with Gasteiger partial charge in [0.15, 0.2) is 0 Å². The smallest absolute Gasteiger partial charge is 0.0601 e. The zero-order chi connectivity index (χ0) is 10.7. The quantitative estimate of drug-likeness (QED) is 0.710. The number of thiophene rings is 1. The summed E-state index contributed by atoms with van der Waals surface area (Å²) in [6, 6.07) is 10.7. The van der Waals surface area contributed by atoms with E-state index in [0.29, 0.717) is 0 Å². The second kappa shape index (κ2) is 5.19. The second-order valence-electron chi connectivity index (χ2n) is 3.29. The maximum Gasteiger partial charge on any atom is 0.0601 e. The highest BCUT2D eigenvalue weighted by Crippen LogP contribution is 2.29. The number of benzene rings is 1. The maximum atomic E-state index is 3.51. The predicted molar refractivity (Wildman–Crippen MR) is 72.8 cm³/mol. The van der Waals surface area contributed by atoms with Gasteiger partial charge in [-0.2, -0.15) is 0 Å². The highest BCUT2D eigenvalue weighted by Gasteiger charge is 2.01. The number of thioether (sulfide) groups is 1. The van der Waals surface area contributed by atoms with Crippen molar-refractivity contribution in [2.45, 2.75) is 16.9 Å². The van der Waals surface area contributed by atoms with Crippen LogP contribution in [0.1, 0.15) is 11.1 Å². The first kappa shape index (κ1) is 11.2. The molecule has 0 bridgehead atoms. The molecule has 0 fully saturated rings. The van der Waals surface area contributed by atoms with E-state index in [1.807, 2.05) is 11.8 Å². The van der Waals surface area contributed by atoms with Crippen LogP contribution in [0.4, 0.5) is 0 Å². The van der Waals surface area contributed by atoms with Crippen LogP contribution < -0.4 is 0 Å². The third-order valence-corrected chi connectivity index (χ3v) is 4.85. The summed E-state index contributed by atoms with van der Waals surface area (Å²) in [5.74, 6) is 1.05. The van der Waals surface area contributed by atoms with Gasteiger partial charge >= 0.3 is 0 Å². The van der Waals surface area contributed by atoms with Gasteiger partial charge in [0.05, 0.1) is 4.21 Å². The van der Waals surface area contributed by atoms with E-state index in [0.717, 1.165) is 10.2 Å². The van der Waals surface area contributed by atoms with Crippen molar-refractivity contribution in [3.8, 4) is 0 Å². The lowest BCUT2D eigenvalue weighted by molar-refractivity contribution is 1.30. The van der Waals surface area contributed by atoms with Crippen molar-refractivity contribution >= 4 is 39.0 Å². The standard InChI is InChI=1S/C12H11BrS2/c1-9-4-5-11(13)7-10(9)8-15-12-3-2-6-14-12/h2-7H,8H2,1H3. The van der Waals surface area contributed by atoms with Crippen LogP contribution in [-0.2, 0) is 5.75 Å². The molecule has 1 heterocycles. The van der Waals surface area contributed by atoms with E-state index < -0.39 is 0 Å². The van der Waals surface area contributed by atoms with E-state index in [4.69, 9.17) is 0 Å². The van der Waals surface area contributed by atoms with Gasteiger partial charge in [0, 0.05) is 10.2 Å². The Bertz CT molecular complexity index is 435. The summed E-state index contributed by atoms with van der Waals surface area (Å²) >= 11 is 7.21. The first-order valence-electron chi connectivity index (χ1n) is 4.67. The first-order chi connectivity index (χ1) is 7.25. The van der Waals surface area contributed by atoms with Gasteiger partial charge in [-0.25, -0.2) is 0 Å². The third-order valence-electron chi connectivity index (χ3n) is 2.18. The van der Waals surface area contributed by atoms with Crippen LogP contribution in [0.5, 0.6) is 0 Å². The van der Waals surface area contributed by atoms with E-state index in [9.17, 15) is 0 Å². The number of halogens is 1. The van der Waals surface area contributed by atoms with Crippen LogP contribution in [0.15, 0.2) is 44.4 Å². The first-order valence-corrected chi connectivity index (χ1v) is 7.33. The van der Waals surface area contributed by atoms with Crippen molar-refractivity contribution in [2.24, 2.45) is 0 Å². The fraction of sp³-hybridized carbons (Fsp3) is 0.167. The number of rotatable bonds is 3. The molecule has 1 aromatic carbocycles. The Kier molecular flexibility index (Phi) is 3.89. The molecule has 78 valence electrons. The van der Waals surface area contributed by atoms with Gasteiger partial charge in [0.1, 0.15) is 0 Å². The summed E-state index contributed by atoms with van der Waals surface area (Å²) in [7, 11) is 0. The average molecular weight is 299 g/mol. The molecule has 0 spiro atoms. The Morgan fingerprint density at radius 1 is 1.33 bits per heavy atom. The highest BCUT2D eigenvalue weighted by atomic mass is 79.9. The predicted octanol–water partition coefficient (Wildman–Crippen LogP) is 5.11. The Morgan fingerprint density at radius 2 is 2.20 bits per heavy atom. The van der Waals surface area contributed by atoms with Crippen LogP contribution in [0.2, 0.25) is 0 Å². The molecule has 0 saturated heterocycles. The topological polar surface area (TPSA) is 0 Å². The molecule has 0 radical (unpaired) electrons. The van der Waals surface area contributed by atoms with Crippen LogP contribution in [-0.4, -0.2) is 0 Å². The molecule has 0 atom stereocenters. The Labute approximate surface area is 107 Å². The number of aryl methyl sites for hydroxylation is 1. The van der Waals surface area contributed by atoms with Crippen molar-refractivity contribution in [1.29, 1.82) is 0 Å². The zero-order valence-corrected chi connectivity index (χ0v) is 11.6. The van der Waals surface area contributed by atoms with E-state index in [1.165, 1.54) is 15.3 Å². The summed E-state index contributed by atoms with van der Waals surface area (Å²) in [5.41, 5.74) is 2.77. The molecular formula is C12H11BrS2. The van der Waals surface area contributed by atoms with Crippen molar-refractivity contribution < 1.29 is 0 Å². The SMILES string of the molecule is Cc1ccc(Br)cc1CSc1cccs1. The van der Waals surface area contributed by atoms with E-state index in [2.05, 4.69) is 58.6 Å². The van der Waals surface area contributed by atoms with Crippen LogP contribution in [0.3, 0.4) is 0 Å². The van der Waals surface area contributed by atoms with E-state index in [1.54, 1.807) is 11.3 Å². The van der Waals surface area contributed by atoms with E-state index in [-0.39, 0.29) is 0 Å². The molecule has 0 aliphatic carbocycles. The maximum absolute atomic E-state index is 3.51. The summed E-state index contributed by atoms with van der Waals surface area (Å²) in [5, 5.41) is 2.12. The minimum Gasteiger partial charge on any atom is -0.137 e. The van der Waals surface area contributed by atoms with Gasteiger partial charge < -0.3 is 0 Å². The number of hydrogen-bond donors (Lipinski definition) is 0. The minimum atomic E-state index is 1.05. The molecule has 2 aromatic rings. The molecule has 1 aromatic heterocycles. The lowest BCUT2D eigenvalue weighted by Gasteiger charge is -2.05. The summed E-state index contributed by atoms with van der Waals surface area (Å²) in [6.45, 7) is 2.16. The molecule has 0 unspecified atom stereocenters. The summed E-state index contributed by atoms with van der Waals surface area (Å²) < 4.78 is 2.55. The van der Waals surface area contributed by atoms with Crippen molar-refractivity contribution in [3.05, 3.63) is 51.3 Å². The fourth-order valence-electron chi connectivity index (χ4n) is 1.29. The summed E-state index contributed by atoms with van der Waals surface area (Å²) in [6.07, 6.45) is 0. The molecule has 15 heavy (non-hydrogen) atoms. The van der Waals surface area contributed by atoms with Crippen LogP contribution in [0.25, 0.3) is 0 Å². The van der Waals surface area contributed by atoms with Gasteiger partial charge in [-0.05, 0) is 41.6 Å². The molecule has 2 rings (SSSR count). The minimum absolute atomic E-state index is 1.05.